The van der Waals surface area contributed by atoms with Crippen LogP contribution in [0.1, 0.15) is 25.7 Å². The molecule has 18 heavy (non-hydrogen) atoms. The van der Waals surface area contributed by atoms with Crippen LogP contribution in [0.25, 0.3) is 0 Å². The third kappa shape index (κ3) is 29.8. The summed E-state index contributed by atoms with van der Waals surface area (Å²) in [4.78, 5) is 0. The number of rotatable bonds is 11. The fourth-order valence-electron chi connectivity index (χ4n) is 1.20. The first-order valence-corrected chi connectivity index (χ1v) is 9.07. The Kier molecular flexibility index (Phi) is 22.1. The van der Waals surface area contributed by atoms with Crippen LogP contribution in [-0.2, 0) is 25.3 Å². The second-order valence-electron chi connectivity index (χ2n) is 3.73. The SMILES string of the molecule is NCCCNCCCCNCCCN.[O]=[Nb](=[O])[OH]. The molecule has 0 saturated heterocycles. The van der Waals surface area contributed by atoms with E-state index >= 15 is 0 Å². The van der Waals surface area contributed by atoms with Crippen molar-refractivity contribution >= 4 is 0 Å². The van der Waals surface area contributed by atoms with Crippen molar-refractivity contribution in [3.63, 3.8) is 0 Å². The van der Waals surface area contributed by atoms with Crippen LogP contribution in [0.5, 0.6) is 0 Å². The Morgan fingerprint density at radius 3 is 1.33 bits per heavy atom. The summed E-state index contributed by atoms with van der Waals surface area (Å²) < 4.78 is 24.6. The van der Waals surface area contributed by atoms with Gasteiger partial charge >= 0.3 is 28.9 Å². The molecule has 0 saturated carbocycles. The normalized spacial score (nSPS) is 9.72. The number of nitrogens with two attached hydrogens (primary N) is 2. The van der Waals surface area contributed by atoms with E-state index in [1.807, 2.05) is 0 Å². The van der Waals surface area contributed by atoms with Crippen LogP contribution in [0.2, 0.25) is 0 Å². The summed E-state index contributed by atoms with van der Waals surface area (Å²) in [5.74, 6) is 0. The van der Waals surface area contributed by atoms with Gasteiger partial charge < -0.3 is 22.1 Å². The molecule has 0 atom stereocenters. The molecule has 0 aromatic carbocycles. The van der Waals surface area contributed by atoms with Gasteiger partial charge in [-0.05, 0) is 65.0 Å². The molecular weight excluding hydrogens is 317 g/mol. The summed E-state index contributed by atoms with van der Waals surface area (Å²) in [6, 6.07) is 0. The third-order valence-corrected chi connectivity index (χ3v) is 2.07. The van der Waals surface area contributed by atoms with Gasteiger partial charge in [0.25, 0.3) is 0 Å². The molecule has 0 aromatic rings. The second-order valence-corrected chi connectivity index (χ2v) is 4.90. The summed E-state index contributed by atoms with van der Waals surface area (Å²) in [6.45, 7) is 5.90. The molecule has 0 aromatic heterocycles. The van der Waals surface area contributed by atoms with Gasteiger partial charge in [-0.3, -0.25) is 0 Å². The number of hydrogen-bond acceptors (Lipinski definition) is 6. The molecule has 0 radical (unpaired) electrons. The Bertz CT molecular complexity index is 195. The van der Waals surface area contributed by atoms with Gasteiger partial charge in [-0.2, -0.15) is 0 Å². The van der Waals surface area contributed by atoms with E-state index in [1.165, 1.54) is 12.8 Å². The van der Waals surface area contributed by atoms with Crippen LogP contribution in [0.4, 0.5) is 0 Å². The van der Waals surface area contributed by atoms with E-state index in [1.54, 1.807) is 0 Å². The summed E-state index contributed by atoms with van der Waals surface area (Å²) in [7, 11) is 0. The van der Waals surface area contributed by atoms with Crippen LogP contribution >= 0.6 is 0 Å². The number of nitrogens with one attached hydrogen (secondary N) is 2. The van der Waals surface area contributed by atoms with E-state index < -0.39 is 18.8 Å². The molecular formula is C10H27N4NbO3. The van der Waals surface area contributed by atoms with Crippen LogP contribution in [0.15, 0.2) is 0 Å². The predicted molar refractivity (Wildman–Crippen MR) is 65.9 cm³/mol. The molecule has 0 aliphatic heterocycles. The molecule has 7 N–H and O–H groups in total. The van der Waals surface area contributed by atoms with Crippen LogP contribution in [-0.4, -0.2) is 42.9 Å². The molecule has 110 valence electrons. The first kappa shape index (κ1) is 20.5. The topological polar surface area (TPSA) is 130 Å². The quantitative estimate of drug-likeness (QED) is 0.236. The molecule has 0 bridgehead atoms. The van der Waals surface area contributed by atoms with Crippen LogP contribution < -0.4 is 22.1 Å². The van der Waals surface area contributed by atoms with Crippen molar-refractivity contribution in [2.24, 2.45) is 11.5 Å². The molecule has 0 fully saturated rings. The van der Waals surface area contributed by atoms with Gasteiger partial charge in [0.15, 0.2) is 0 Å². The Balaban J connectivity index is 0. The first-order valence-electron chi connectivity index (χ1n) is 6.30. The Labute approximate surface area is 116 Å². The molecule has 0 heterocycles. The van der Waals surface area contributed by atoms with E-state index in [0.717, 1.165) is 52.1 Å². The van der Waals surface area contributed by atoms with E-state index in [9.17, 15) is 0 Å². The molecule has 0 unspecified atom stereocenters. The minimum atomic E-state index is -3.95. The summed E-state index contributed by atoms with van der Waals surface area (Å²) >= 11 is -3.95. The molecule has 0 spiro atoms. The Morgan fingerprint density at radius 1 is 0.778 bits per heavy atom. The molecule has 0 amide bonds. The fourth-order valence-corrected chi connectivity index (χ4v) is 1.20. The summed E-state index contributed by atoms with van der Waals surface area (Å²) in [5.41, 5.74) is 10.8. The van der Waals surface area contributed by atoms with Gasteiger partial charge in [-0.25, -0.2) is 0 Å². The van der Waals surface area contributed by atoms with Gasteiger partial charge in [-0.15, -0.1) is 0 Å². The van der Waals surface area contributed by atoms with E-state index in [0.29, 0.717) is 0 Å². The van der Waals surface area contributed by atoms with Crippen molar-refractivity contribution in [1.29, 1.82) is 0 Å². The zero-order valence-corrected chi connectivity index (χ0v) is 13.1. The predicted octanol–water partition coefficient (Wildman–Crippen LogP) is -1.15. The first-order chi connectivity index (χ1) is 8.65. The zero-order chi connectivity index (χ0) is 14.1. The van der Waals surface area contributed by atoms with E-state index in [4.69, 9.17) is 21.6 Å². The van der Waals surface area contributed by atoms with Crippen molar-refractivity contribution in [2.45, 2.75) is 25.7 Å². The molecule has 0 aliphatic carbocycles. The molecule has 7 nitrogen and oxygen atoms in total. The summed E-state index contributed by atoms with van der Waals surface area (Å²) in [5, 5.41) is 6.72. The number of unbranched alkanes of at least 4 members (excludes halogenated alkanes) is 1. The Hall–Kier alpha value is 0.140. The average molecular weight is 344 g/mol. The fraction of sp³-hybridized carbons (Fsp3) is 1.00. The van der Waals surface area contributed by atoms with Crippen LogP contribution in [0, 0.1) is 0 Å². The van der Waals surface area contributed by atoms with Gasteiger partial charge in [0, 0.05) is 0 Å². The minimum absolute atomic E-state index is 0.785. The average Bonchev–Trinajstić information content (AvgIpc) is 2.31. The van der Waals surface area contributed by atoms with E-state index in [2.05, 4.69) is 10.6 Å². The maximum absolute atomic E-state index is 8.71. The monoisotopic (exact) mass is 344 g/mol. The summed E-state index contributed by atoms with van der Waals surface area (Å²) in [6.07, 6.45) is 4.63. The molecule has 0 rings (SSSR count). The van der Waals surface area contributed by atoms with Gasteiger partial charge in [-0.1, -0.05) is 0 Å². The maximum atomic E-state index is 8.71. The van der Waals surface area contributed by atoms with Crippen LogP contribution in [0.3, 0.4) is 0 Å². The van der Waals surface area contributed by atoms with Crippen molar-refractivity contribution < 1.29 is 28.9 Å². The second kappa shape index (κ2) is 19.5. The van der Waals surface area contributed by atoms with Gasteiger partial charge in [0.1, 0.15) is 0 Å². The van der Waals surface area contributed by atoms with Crippen molar-refractivity contribution in [1.82, 2.24) is 10.6 Å². The van der Waals surface area contributed by atoms with E-state index in [-0.39, 0.29) is 0 Å². The van der Waals surface area contributed by atoms with Crippen molar-refractivity contribution in [3.8, 4) is 0 Å². The van der Waals surface area contributed by atoms with Gasteiger partial charge in [0.2, 0.25) is 0 Å². The third-order valence-electron chi connectivity index (χ3n) is 2.07. The molecule has 8 heteroatoms. The zero-order valence-electron chi connectivity index (χ0n) is 10.9. The van der Waals surface area contributed by atoms with Gasteiger partial charge in [0.05, 0.1) is 0 Å². The number of hydrogen-bond donors (Lipinski definition) is 5. The standard InChI is InChI=1S/C10H26N4.Nb.H2O.2O/c11-5-3-9-13-7-1-2-8-14-10-4-6-12;;;;/h13-14H,1-12H2;;1H2;;/q;+1;;;/p-1. The molecule has 0 aliphatic rings. The Morgan fingerprint density at radius 2 is 1.06 bits per heavy atom. The van der Waals surface area contributed by atoms with Crippen molar-refractivity contribution in [3.05, 3.63) is 0 Å². The van der Waals surface area contributed by atoms with Crippen molar-refractivity contribution in [2.75, 3.05) is 39.3 Å².